The Bertz CT molecular complexity index is 396. The van der Waals surface area contributed by atoms with E-state index in [2.05, 4.69) is 14.8 Å². The van der Waals surface area contributed by atoms with Crippen LogP contribution in [-0.4, -0.2) is 18.4 Å². The summed E-state index contributed by atoms with van der Waals surface area (Å²) in [5.41, 5.74) is 0.132. The molecule has 0 aromatic carbocycles. The molecule has 2 nitrogen and oxygen atoms in total. The van der Waals surface area contributed by atoms with E-state index in [0.29, 0.717) is 5.76 Å². The second-order valence-electron chi connectivity index (χ2n) is 4.31. The fourth-order valence-corrected chi connectivity index (χ4v) is 4.72. The fraction of sp³-hybridized carbons (Fsp3) is 0.364. The van der Waals surface area contributed by atoms with Gasteiger partial charge in [-0.2, -0.15) is 0 Å². The zero-order valence-corrected chi connectivity index (χ0v) is 12.0. The second-order valence-corrected chi connectivity index (χ2v) is 18.7. The third kappa shape index (κ3) is 2.74. The molecule has 0 saturated heterocycles. The molecule has 1 aromatic heterocycles. The molecule has 0 aliphatic carbocycles. The summed E-state index contributed by atoms with van der Waals surface area (Å²) in [6.45, 7) is 1.90. The Morgan fingerprint density at radius 2 is 2.00 bits per heavy atom. The van der Waals surface area contributed by atoms with Crippen LogP contribution in [0.3, 0.4) is 0 Å². The van der Waals surface area contributed by atoms with Gasteiger partial charge >= 0.3 is 88.6 Å². The Morgan fingerprint density at radius 1 is 1.36 bits per heavy atom. The number of hydrogen-bond donors (Lipinski definition) is 0. The summed E-state index contributed by atoms with van der Waals surface area (Å²) in [6.07, 6.45) is 5.30. The van der Waals surface area contributed by atoms with Crippen LogP contribution in [-0.2, 0) is 0 Å². The molecular weight excluding hydrogens is 283 g/mol. The predicted octanol–water partition coefficient (Wildman–Crippen LogP) is 2.22. The summed E-state index contributed by atoms with van der Waals surface area (Å²) in [5.74, 6) is 0.636. The molecule has 14 heavy (non-hydrogen) atoms. The van der Waals surface area contributed by atoms with E-state index >= 15 is 0 Å². The molecule has 0 atom stereocenters. The number of allylic oxidation sites excluding steroid dienone is 1. The quantitative estimate of drug-likeness (QED) is 0.784. The molecule has 1 rings (SSSR count). The van der Waals surface area contributed by atoms with E-state index in [1.807, 2.05) is 13.0 Å². The molecule has 0 N–H and O–H groups in total. The van der Waals surface area contributed by atoms with Gasteiger partial charge in [-0.15, -0.1) is 0 Å². The molecule has 3 heteroatoms. The topological polar surface area (TPSA) is 30.2 Å². The first-order valence-electron chi connectivity index (χ1n) is 4.71. The van der Waals surface area contributed by atoms with Crippen molar-refractivity contribution in [2.45, 2.75) is 21.7 Å². The van der Waals surface area contributed by atoms with Crippen LogP contribution in [0.5, 0.6) is 0 Å². The molecule has 76 valence electrons. The fourth-order valence-electron chi connectivity index (χ4n) is 1.22. The van der Waals surface area contributed by atoms with Crippen molar-refractivity contribution in [2.75, 3.05) is 0 Å². The van der Waals surface area contributed by atoms with E-state index in [4.69, 9.17) is 4.42 Å². The summed E-state index contributed by atoms with van der Waals surface area (Å²) in [6, 6.07) is 1.58. The number of hydrogen-bond acceptors (Lipinski definition) is 2. The average molecular weight is 299 g/mol. The number of rotatable bonds is 2. The summed E-state index contributed by atoms with van der Waals surface area (Å²) in [4.78, 5) is 18.3. The SMILES string of the molecule is C/C=C/c1cc(=O)[c]([Sn]([CH3])([CH3])[CH3])co1. The van der Waals surface area contributed by atoms with Crippen LogP contribution < -0.4 is 9.01 Å². The molecule has 0 fully saturated rings. The molecule has 0 aliphatic rings. The Balaban J connectivity index is 3.22. The molecule has 0 bridgehead atoms. The van der Waals surface area contributed by atoms with Crippen LogP contribution in [0.25, 0.3) is 6.08 Å². The van der Waals surface area contributed by atoms with Crippen molar-refractivity contribution < 1.29 is 4.42 Å². The van der Waals surface area contributed by atoms with Gasteiger partial charge in [0.25, 0.3) is 0 Å². The van der Waals surface area contributed by atoms with E-state index in [0.717, 1.165) is 3.58 Å². The first-order valence-corrected chi connectivity index (χ1v) is 14.7. The van der Waals surface area contributed by atoms with E-state index in [1.54, 1.807) is 18.4 Å². The van der Waals surface area contributed by atoms with Crippen molar-refractivity contribution in [1.82, 2.24) is 0 Å². The zero-order chi connectivity index (χ0) is 10.8. The first kappa shape index (κ1) is 11.6. The Hall–Kier alpha value is -0.511. The molecule has 1 heterocycles. The minimum atomic E-state index is -2.27. The van der Waals surface area contributed by atoms with Gasteiger partial charge in [-0.1, -0.05) is 0 Å². The summed E-state index contributed by atoms with van der Waals surface area (Å²) in [5, 5.41) is 0. The summed E-state index contributed by atoms with van der Waals surface area (Å²) < 4.78 is 6.30. The van der Waals surface area contributed by atoms with Gasteiger partial charge < -0.3 is 0 Å². The van der Waals surface area contributed by atoms with Crippen LogP contribution in [0.1, 0.15) is 12.7 Å². The van der Waals surface area contributed by atoms with Crippen molar-refractivity contribution in [3.05, 3.63) is 34.4 Å². The van der Waals surface area contributed by atoms with E-state index in [1.165, 1.54) is 0 Å². The van der Waals surface area contributed by atoms with E-state index in [-0.39, 0.29) is 5.43 Å². The first-order chi connectivity index (χ1) is 6.45. The van der Waals surface area contributed by atoms with Gasteiger partial charge in [-0.25, -0.2) is 0 Å². The van der Waals surface area contributed by atoms with Crippen molar-refractivity contribution in [3.8, 4) is 0 Å². The Kier molecular flexibility index (Phi) is 3.58. The van der Waals surface area contributed by atoms with Crippen molar-refractivity contribution in [1.29, 1.82) is 0 Å². The van der Waals surface area contributed by atoms with Crippen LogP contribution in [0, 0.1) is 0 Å². The van der Waals surface area contributed by atoms with E-state index < -0.39 is 18.4 Å². The molecule has 1 aromatic rings. The third-order valence-corrected chi connectivity index (χ3v) is 7.64. The second kappa shape index (κ2) is 4.34. The summed E-state index contributed by atoms with van der Waals surface area (Å²) in [7, 11) is 0. The normalized spacial score (nSPS) is 12.3. The maximum atomic E-state index is 11.7. The molecule has 0 aliphatic heterocycles. The molecular formula is C11H16O2Sn. The van der Waals surface area contributed by atoms with Gasteiger partial charge in [-0.3, -0.25) is 0 Å². The monoisotopic (exact) mass is 300 g/mol. The van der Waals surface area contributed by atoms with Crippen molar-refractivity contribution in [2.24, 2.45) is 0 Å². The van der Waals surface area contributed by atoms with Crippen molar-refractivity contribution in [3.63, 3.8) is 0 Å². The van der Waals surface area contributed by atoms with Gasteiger partial charge in [0.15, 0.2) is 0 Å². The van der Waals surface area contributed by atoms with Crippen LogP contribution >= 0.6 is 0 Å². The molecule has 0 saturated carbocycles. The maximum absolute atomic E-state index is 11.7. The van der Waals surface area contributed by atoms with Crippen LogP contribution in [0.4, 0.5) is 0 Å². The zero-order valence-electron chi connectivity index (χ0n) is 9.13. The van der Waals surface area contributed by atoms with Gasteiger partial charge in [0, 0.05) is 0 Å². The molecule has 0 amide bonds. The van der Waals surface area contributed by atoms with Gasteiger partial charge in [0.1, 0.15) is 0 Å². The predicted molar refractivity (Wildman–Crippen MR) is 62.7 cm³/mol. The summed E-state index contributed by atoms with van der Waals surface area (Å²) >= 11 is -2.27. The van der Waals surface area contributed by atoms with Crippen molar-refractivity contribution >= 4 is 28.0 Å². The average Bonchev–Trinajstić information content (AvgIpc) is 2.02. The van der Waals surface area contributed by atoms with Gasteiger partial charge in [-0.05, 0) is 0 Å². The standard InChI is InChI=1S/C8H7O2.3CH3.Sn/c1-2-3-8-6-7(9)4-5-10-8;;;;/h2-3,5-6H,1H3;3*1H3;/b3-2+;;;;. The van der Waals surface area contributed by atoms with E-state index in [9.17, 15) is 4.79 Å². The Morgan fingerprint density at radius 3 is 2.43 bits per heavy atom. The molecule has 0 spiro atoms. The van der Waals surface area contributed by atoms with Crippen LogP contribution in [0.2, 0.25) is 14.8 Å². The van der Waals surface area contributed by atoms with Crippen LogP contribution in [0.15, 0.2) is 27.6 Å². The Labute approximate surface area is 88.5 Å². The molecule has 0 radical (unpaired) electrons. The van der Waals surface area contributed by atoms with Gasteiger partial charge in [0.05, 0.1) is 0 Å². The third-order valence-electron chi connectivity index (χ3n) is 1.99. The molecule has 0 unspecified atom stereocenters. The minimum absolute atomic E-state index is 0.132. The van der Waals surface area contributed by atoms with Gasteiger partial charge in [0.2, 0.25) is 0 Å².